The summed E-state index contributed by atoms with van der Waals surface area (Å²) >= 11 is 0. The van der Waals surface area contributed by atoms with E-state index >= 15 is 4.39 Å². The molecular formula is C24H31FN2O. The van der Waals surface area contributed by atoms with Gasteiger partial charge in [-0.05, 0) is 36.1 Å². The minimum absolute atomic E-state index is 0.191. The lowest BCUT2D eigenvalue weighted by Crippen LogP contribution is -2.43. The van der Waals surface area contributed by atoms with Crippen LogP contribution in [-0.4, -0.2) is 33.3 Å². The van der Waals surface area contributed by atoms with Gasteiger partial charge >= 0.3 is 0 Å². The van der Waals surface area contributed by atoms with E-state index in [-0.39, 0.29) is 5.92 Å². The fraction of sp³-hybridized carbons (Fsp3) is 0.417. The highest BCUT2D eigenvalue weighted by molar-refractivity contribution is 5.49. The molecule has 28 heavy (non-hydrogen) atoms. The van der Waals surface area contributed by atoms with Gasteiger partial charge in [-0.1, -0.05) is 56.0 Å². The molecule has 1 heterocycles. The molecule has 2 aromatic carbocycles. The highest BCUT2D eigenvalue weighted by Crippen LogP contribution is 2.42. The molecule has 1 N–H and O–H groups in total. The first-order chi connectivity index (χ1) is 13.6. The number of halogens is 1. The van der Waals surface area contributed by atoms with Gasteiger partial charge in [0, 0.05) is 37.8 Å². The Balaban J connectivity index is 1.83. The summed E-state index contributed by atoms with van der Waals surface area (Å²) in [6.07, 6.45) is 0.716. The summed E-state index contributed by atoms with van der Waals surface area (Å²) < 4.78 is 21.6. The topological polar surface area (TPSA) is 24.5 Å². The van der Waals surface area contributed by atoms with E-state index in [9.17, 15) is 0 Å². The highest BCUT2D eigenvalue weighted by atomic mass is 19.1. The van der Waals surface area contributed by atoms with E-state index in [1.807, 2.05) is 61.5 Å². The van der Waals surface area contributed by atoms with Crippen molar-refractivity contribution in [3.05, 3.63) is 78.1 Å². The van der Waals surface area contributed by atoms with Crippen LogP contribution in [0.2, 0.25) is 0 Å². The maximum Gasteiger partial charge on any atom is 0.136 e. The van der Waals surface area contributed by atoms with Crippen LogP contribution in [0.1, 0.15) is 36.8 Å². The monoisotopic (exact) mass is 382 g/mol. The number of rotatable bonds is 8. The molecule has 150 valence electrons. The summed E-state index contributed by atoms with van der Waals surface area (Å²) in [4.78, 5) is 2.34. The zero-order chi connectivity index (χ0) is 20.0. The summed E-state index contributed by atoms with van der Waals surface area (Å²) in [5.74, 6) is 0.406. The summed E-state index contributed by atoms with van der Waals surface area (Å²) in [5.41, 5.74) is 1.47. The number of methoxy groups -OCH3 is 1. The van der Waals surface area contributed by atoms with Crippen molar-refractivity contribution in [2.24, 2.45) is 0 Å². The van der Waals surface area contributed by atoms with Crippen molar-refractivity contribution < 1.29 is 9.13 Å². The zero-order valence-electron chi connectivity index (χ0n) is 17.0. The molecule has 0 saturated carbocycles. The van der Waals surface area contributed by atoms with Crippen LogP contribution in [0, 0.1) is 0 Å². The van der Waals surface area contributed by atoms with Gasteiger partial charge in [0.2, 0.25) is 0 Å². The number of allylic oxidation sites excluding steroid dienone is 1. The smallest absolute Gasteiger partial charge is 0.136 e. The Hall–Kier alpha value is -2.33. The molecule has 1 saturated heterocycles. The van der Waals surface area contributed by atoms with Gasteiger partial charge < -0.3 is 15.0 Å². The molecule has 3 nitrogen and oxygen atoms in total. The summed E-state index contributed by atoms with van der Waals surface area (Å²) in [6.45, 7) is 9.88. The molecule has 2 aromatic rings. The van der Waals surface area contributed by atoms with Crippen molar-refractivity contribution in [3.8, 4) is 0 Å². The van der Waals surface area contributed by atoms with Gasteiger partial charge in [0.1, 0.15) is 5.67 Å². The summed E-state index contributed by atoms with van der Waals surface area (Å²) in [6, 6.07) is 17.9. The lowest BCUT2D eigenvalue weighted by Gasteiger charge is -2.32. The fourth-order valence-corrected chi connectivity index (χ4v) is 3.93. The molecule has 0 amide bonds. The fourth-order valence-electron chi connectivity index (χ4n) is 3.93. The number of nitrogens with one attached hydrogen (secondary N) is 1. The summed E-state index contributed by atoms with van der Waals surface area (Å²) in [7, 11) is 1.60. The second-order valence-electron chi connectivity index (χ2n) is 7.44. The van der Waals surface area contributed by atoms with Crippen LogP contribution in [-0.2, 0) is 10.4 Å². The number of alkyl halides is 1. The van der Waals surface area contributed by atoms with Gasteiger partial charge in [0.15, 0.2) is 0 Å². The van der Waals surface area contributed by atoms with Crippen molar-refractivity contribution in [1.29, 1.82) is 0 Å². The molecule has 0 spiro atoms. The second kappa shape index (κ2) is 9.24. The van der Waals surface area contributed by atoms with Crippen LogP contribution in [0.3, 0.4) is 0 Å². The van der Waals surface area contributed by atoms with Crippen molar-refractivity contribution >= 4 is 5.69 Å². The molecular weight excluding hydrogens is 351 g/mol. The first-order valence-electron chi connectivity index (χ1n) is 10.1. The van der Waals surface area contributed by atoms with E-state index in [1.54, 1.807) is 7.11 Å². The molecule has 1 fully saturated rings. The molecule has 1 aliphatic rings. The average Bonchev–Trinajstić information content (AvgIpc) is 2.78. The zero-order valence-corrected chi connectivity index (χ0v) is 17.0. The Bertz CT molecular complexity index is 756. The van der Waals surface area contributed by atoms with E-state index in [0.717, 1.165) is 43.0 Å². The third kappa shape index (κ3) is 4.56. The molecule has 4 heteroatoms. The lowest BCUT2D eigenvalue weighted by molar-refractivity contribution is 0.123. The van der Waals surface area contributed by atoms with Crippen LogP contribution in [0.4, 0.5) is 10.1 Å². The summed E-state index contributed by atoms with van der Waals surface area (Å²) in [5, 5.41) is 3.36. The minimum Gasteiger partial charge on any atom is -0.501 e. The van der Waals surface area contributed by atoms with Crippen LogP contribution < -0.4 is 10.2 Å². The molecule has 2 atom stereocenters. The second-order valence-corrected chi connectivity index (χ2v) is 7.44. The molecule has 0 radical (unpaired) electrons. The van der Waals surface area contributed by atoms with Crippen LogP contribution in [0.15, 0.2) is 66.9 Å². The molecule has 3 rings (SSSR count). The number of hydrogen-bond acceptors (Lipinski definition) is 3. The number of ether oxygens (including phenoxy) is 1. The molecule has 1 aliphatic heterocycles. The highest BCUT2D eigenvalue weighted by Gasteiger charge is 2.35. The SMILES string of the molecule is C=C(OC)C(CC(F)(CC)c1ccc(N2CCNCC2)cc1)c1ccccc1. The largest absolute Gasteiger partial charge is 0.501 e. The standard InChI is InChI=1S/C24H31FN2O/c1-4-24(25,18-23(19(2)28-3)20-8-6-5-7-9-20)21-10-12-22(13-11-21)27-16-14-26-15-17-27/h5-13,23,26H,2,4,14-18H2,1,3H3. The average molecular weight is 383 g/mol. The van der Waals surface area contributed by atoms with Gasteiger partial charge in [0.05, 0.1) is 12.9 Å². The maximum atomic E-state index is 16.1. The van der Waals surface area contributed by atoms with Crippen molar-refractivity contribution in [3.63, 3.8) is 0 Å². The maximum absolute atomic E-state index is 16.1. The lowest BCUT2D eigenvalue weighted by atomic mass is 9.80. The Morgan fingerprint density at radius 3 is 2.36 bits per heavy atom. The van der Waals surface area contributed by atoms with Gasteiger partial charge in [-0.15, -0.1) is 0 Å². The van der Waals surface area contributed by atoms with E-state index < -0.39 is 5.67 Å². The molecule has 0 aliphatic carbocycles. The van der Waals surface area contributed by atoms with E-state index in [0.29, 0.717) is 18.6 Å². The van der Waals surface area contributed by atoms with Crippen molar-refractivity contribution in [2.45, 2.75) is 31.4 Å². The van der Waals surface area contributed by atoms with Crippen molar-refractivity contribution in [2.75, 3.05) is 38.2 Å². The predicted octanol–water partition coefficient (Wildman–Crippen LogP) is 5.01. The first kappa shape index (κ1) is 20.4. The number of nitrogens with zero attached hydrogens (tertiary/aromatic N) is 1. The van der Waals surface area contributed by atoms with Gasteiger partial charge in [0.25, 0.3) is 0 Å². The van der Waals surface area contributed by atoms with E-state index in [2.05, 4.69) is 16.8 Å². The quantitative estimate of drug-likeness (QED) is 0.650. The molecule has 0 aromatic heterocycles. The Morgan fingerprint density at radius 2 is 1.79 bits per heavy atom. The normalized spacial score (nSPS) is 17.6. The van der Waals surface area contributed by atoms with Crippen molar-refractivity contribution in [1.82, 2.24) is 5.32 Å². The van der Waals surface area contributed by atoms with Crippen LogP contribution in [0.25, 0.3) is 0 Å². The number of piperazine rings is 1. The van der Waals surface area contributed by atoms with E-state index in [4.69, 9.17) is 4.74 Å². The van der Waals surface area contributed by atoms with Crippen LogP contribution >= 0.6 is 0 Å². The van der Waals surface area contributed by atoms with Gasteiger partial charge in [-0.3, -0.25) is 0 Å². The third-order valence-corrected chi connectivity index (χ3v) is 5.81. The number of benzene rings is 2. The van der Waals surface area contributed by atoms with Gasteiger partial charge in [-0.2, -0.15) is 0 Å². The first-order valence-corrected chi connectivity index (χ1v) is 10.1. The van der Waals surface area contributed by atoms with Crippen LogP contribution in [0.5, 0.6) is 0 Å². The molecule has 2 unspecified atom stereocenters. The predicted molar refractivity (Wildman–Crippen MR) is 115 cm³/mol. The Kier molecular flexibility index (Phi) is 6.74. The Labute approximate surface area is 168 Å². The third-order valence-electron chi connectivity index (χ3n) is 5.81. The number of anilines is 1. The molecule has 0 bridgehead atoms. The van der Waals surface area contributed by atoms with E-state index in [1.165, 1.54) is 0 Å². The Morgan fingerprint density at radius 1 is 1.14 bits per heavy atom. The minimum atomic E-state index is -1.44. The number of hydrogen-bond donors (Lipinski definition) is 1. The van der Waals surface area contributed by atoms with Gasteiger partial charge in [-0.25, -0.2) is 4.39 Å².